The Hall–Kier alpha value is -3.28. The molecule has 1 heterocycles. The molecule has 0 aromatic heterocycles. The molecule has 1 saturated heterocycles. The maximum absolute atomic E-state index is 14.4. The largest absolute Gasteiger partial charge is 0.352 e. The number of alkyl halides is 1. The predicted octanol–water partition coefficient (Wildman–Crippen LogP) is 5.31. The van der Waals surface area contributed by atoms with E-state index in [0.29, 0.717) is 38.9 Å². The molecule has 3 aliphatic rings. The van der Waals surface area contributed by atoms with Gasteiger partial charge in [0.1, 0.15) is 5.67 Å². The number of nitrogens with one attached hydrogen (secondary N) is 1. The molecule has 2 aromatic rings. The van der Waals surface area contributed by atoms with Gasteiger partial charge in [-0.15, -0.1) is 0 Å². The number of carbonyl (C=O) groups is 2. The molecule has 5 rings (SSSR count). The zero-order valence-corrected chi connectivity index (χ0v) is 20.7. The topological polar surface area (TPSA) is 49.4 Å². The van der Waals surface area contributed by atoms with Crippen molar-refractivity contribution in [3.8, 4) is 0 Å². The molecule has 2 atom stereocenters. The predicted molar refractivity (Wildman–Crippen MR) is 140 cm³/mol. The number of nitrogens with zero attached hydrogens (tertiary/aromatic N) is 1. The Balaban J connectivity index is 0.00000190. The summed E-state index contributed by atoms with van der Waals surface area (Å²) in [5.41, 5.74) is 2.49. The first kappa shape index (κ1) is 25.8. The molecule has 36 heavy (non-hydrogen) atoms. The van der Waals surface area contributed by atoms with E-state index in [4.69, 9.17) is 0 Å². The fourth-order valence-electron chi connectivity index (χ4n) is 5.72. The van der Waals surface area contributed by atoms with E-state index in [0.717, 1.165) is 35.1 Å². The van der Waals surface area contributed by atoms with Crippen LogP contribution in [0.3, 0.4) is 0 Å². The second kappa shape index (κ2) is 10.4. The van der Waals surface area contributed by atoms with Crippen molar-refractivity contribution >= 4 is 11.8 Å². The zero-order valence-electron chi connectivity index (χ0n) is 20.7. The molecule has 6 heteroatoms. The van der Waals surface area contributed by atoms with Crippen molar-refractivity contribution in [1.29, 1.82) is 0 Å². The quantitative estimate of drug-likeness (QED) is 0.567. The molecule has 1 N–H and O–H groups in total. The average Bonchev–Trinajstić information content (AvgIpc) is 3.56. The highest BCUT2D eigenvalue weighted by atomic mass is 19.1. The van der Waals surface area contributed by atoms with Gasteiger partial charge in [0, 0.05) is 38.8 Å². The summed E-state index contributed by atoms with van der Waals surface area (Å²) in [6.45, 7) is 3.55. The SMILES string of the molecule is CC1=CC(CNC(=O)CC2(c3ccccc3)CCN(C(=O)Cc3ccccc3)CC2)=CC2CC12F.F.[HH]. The van der Waals surface area contributed by atoms with Gasteiger partial charge in [0.05, 0.1) is 6.42 Å². The maximum Gasteiger partial charge on any atom is 0.226 e. The van der Waals surface area contributed by atoms with Gasteiger partial charge in [-0.3, -0.25) is 14.3 Å². The Morgan fingerprint density at radius 1 is 1.06 bits per heavy atom. The first-order chi connectivity index (χ1) is 16.9. The number of amides is 2. The number of fused-ring (bicyclic) bond motifs is 1. The van der Waals surface area contributed by atoms with Gasteiger partial charge in [-0.2, -0.15) is 0 Å². The van der Waals surface area contributed by atoms with Crippen molar-refractivity contribution in [1.82, 2.24) is 10.2 Å². The van der Waals surface area contributed by atoms with Crippen molar-refractivity contribution < 1.29 is 20.1 Å². The second-order valence-corrected chi connectivity index (χ2v) is 10.4. The molecule has 2 aliphatic carbocycles. The summed E-state index contributed by atoms with van der Waals surface area (Å²) in [5, 5.41) is 3.08. The number of allylic oxidation sites excluding steroid dienone is 2. The van der Waals surface area contributed by atoms with Crippen LogP contribution < -0.4 is 5.32 Å². The standard InChI is InChI=1S/C30H33FN2O2.FH.H2/c1-22-16-24(17-26-19-30(22,26)31)21-32-27(34)20-29(25-10-6-3-7-11-25)12-14-33(15-13-29)28(35)18-23-8-4-2-5-9-23;;/h2-11,16-17,26H,12-15,18-21H2,1H3,(H,32,34);2*1H. The van der Waals surface area contributed by atoms with Crippen LogP contribution in [0.5, 0.6) is 0 Å². The van der Waals surface area contributed by atoms with Crippen molar-refractivity contribution in [2.45, 2.75) is 50.1 Å². The lowest BCUT2D eigenvalue weighted by Gasteiger charge is -2.42. The molecule has 2 unspecified atom stereocenters. The third-order valence-electron chi connectivity index (χ3n) is 8.06. The Kier molecular flexibility index (Phi) is 7.43. The molecular weight excluding hydrogens is 458 g/mol. The first-order valence-electron chi connectivity index (χ1n) is 12.6. The van der Waals surface area contributed by atoms with E-state index in [1.54, 1.807) is 0 Å². The minimum Gasteiger partial charge on any atom is -0.352 e. The van der Waals surface area contributed by atoms with Crippen LogP contribution in [-0.4, -0.2) is 42.0 Å². The lowest BCUT2D eigenvalue weighted by Crippen LogP contribution is -2.47. The summed E-state index contributed by atoms with van der Waals surface area (Å²) in [7, 11) is 0. The highest BCUT2D eigenvalue weighted by Gasteiger charge is 2.56. The van der Waals surface area contributed by atoms with Crippen molar-refractivity contribution in [3.63, 3.8) is 0 Å². The highest BCUT2D eigenvalue weighted by molar-refractivity contribution is 5.80. The lowest BCUT2D eigenvalue weighted by molar-refractivity contribution is -0.132. The van der Waals surface area contributed by atoms with Crippen LogP contribution in [0.1, 0.15) is 45.2 Å². The van der Waals surface area contributed by atoms with Crippen molar-refractivity contribution in [2.24, 2.45) is 5.92 Å². The van der Waals surface area contributed by atoms with Crippen LogP contribution in [0, 0.1) is 5.92 Å². The van der Waals surface area contributed by atoms with Gasteiger partial charge < -0.3 is 10.2 Å². The minimum absolute atomic E-state index is 0. The molecule has 1 aliphatic heterocycles. The smallest absolute Gasteiger partial charge is 0.226 e. The summed E-state index contributed by atoms with van der Waals surface area (Å²) < 4.78 is 14.4. The molecular formula is C30H36F2N2O2. The maximum atomic E-state index is 14.4. The van der Waals surface area contributed by atoms with Gasteiger partial charge >= 0.3 is 0 Å². The van der Waals surface area contributed by atoms with Crippen molar-refractivity contribution in [3.05, 3.63) is 95.1 Å². The zero-order chi connectivity index (χ0) is 24.5. The molecule has 0 bridgehead atoms. The van der Waals surface area contributed by atoms with Crippen LogP contribution >= 0.6 is 0 Å². The molecule has 0 spiro atoms. The molecule has 2 aromatic carbocycles. The summed E-state index contributed by atoms with van der Waals surface area (Å²) in [6.07, 6.45) is 6.69. The average molecular weight is 495 g/mol. The van der Waals surface area contributed by atoms with Crippen LogP contribution in [0.4, 0.5) is 9.09 Å². The third kappa shape index (κ3) is 5.28. The van der Waals surface area contributed by atoms with E-state index in [1.165, 1.54) is 0 Å². The number of rotatable bonds is 7. The molecule has 192 valence electrons. The minimum atomic E-state index is -1.14. The Morgan fingerprint density at radius 3 is 2.33 bits per heavy atom. The first-order valence-corrected chi connectivity index (χ1v) is 12.6. The molecule has 2 amide bonds. The number of likely N-dealkylation sites (tertiary alicyclic amines) is 1. The Labute approximate surface area is 213 Å². The molecule has 0 radical (unpaired) electrons. The van der Waals surface area contributed by atoms with Gasteiger partial charge in [-0.1, -0.05) is 72.8 Å². The van der Waals surface area contributed by atoms with Crippen LogP contribution in [0.25, 0.3) is 0 Å². The number of carbonyl (C=O) groups excluding carboxylic acids is 2. The van der Waals surface area contributed by atoms with Gasteiger partial charge in [0.25, 0.3) is 0 Å². The van der Waals surface area contributed by atoms with Crippen LogP contribution in [0.2, 0.25) is 0 Å². The van der Waals surface area contributed by atoms with Gasteiger partial charge in [0.15, 0.2) is 0 Å². The highest BCUT2D eigenvalue weighted by Crippen LogP contribution is 2.55. The van der Waals surface area contributed by atoms with Gasteiger partial charge in [-0.25, -0.2) is 4.39 Å². The lowest BCUT2D eigenvalue weighted by atomic mass is 9.70. The molecule has 4 nitrogen and oxygen atoms in total. The summed E-state index contributed by atoms with van der Waals surface area (Å²) in [5.74, 6) is 0.100. The van der Waals surface area contributed by atoms with E-state index in [-0.39, 0.29) is 29.3 Å². The van der Waals surface area contributed by atoms with Gasteiger partial charge in [0.2, 0.25) is 11.8 Å². The number of hydrogen-bond acceptors (Lipinski definition) is 2. The fourth-order valence-corrected chi connectivity index (χ4v) is 5.72. The Bertz CT molecular complexity index is 1160. The summed E-state index contributed by atoms with van der Waals surface area (Å²) >= 11 is 0. The molecule has 1 saturated carbocycles. The van der Waals surface area contributed by atoms with E-state index in [9.17, 15) is 14.0 Å². The fraction of sp³-hybridized carbons (Fsp3) is 0.400. The second-order valence-electron chi connectivity index (χ2n) is 10.4. The van der Waals surface area contributed by atoms with E-state index < -0.39 is 5.67 Å². The van der Waals surface area contributed by atoms with E-state index in [1.807, 2.05) is 72.5 Å². The van der Waals surface area contributed by atoms with E-state index >= 15 is 0 Å². The normalized spacial score (nSPS) is 23.9. The number of piperidine rings is 1. The molecule has 2 fully saturated rings. The summed E-state index contributed by atoms with van der Waals surface area (Å²) in [6, 6.07) is 20.0. The number of benzene rings is 2. The van der Waals surface area contributed by atoms with E-state index in [2.05, 4.69) is 17.4 Å². The third-order valence-corrected chi connectivity index (χ3v) is 8.06. The number of hydrogen-bond donors (Lipinski definition) is 1. The number of halogens is 2. The van der Waals surface area contributed by atoms with Gasteiger partial charge in [-0.05, 0) is 48.5 Å². The monoisotopic (exact) mass is 494 g/mol. The Morgan fingerprint density at radius 2 is 1.69 bits per heavy atom. The van der Waals surface area contributed by atoms with Crippen LogP contribution in [0.15, 0.2) is 84.0 Å². The summed E-state index contributed by atoms with van der Waals surface area (Å²) in [4.78, 5) is 27.9. The van der Waals surface area contributed by atoms with Crippen molar-refractivity contribution in [2.75, 3.05) is 19.6 Å². The van der Waals surface area contributed by atoms with Crippen LogP contribution in [-0.2, 0) is 21.4 Å².